The van der Waals surface area contributed by atoms with Gasteiger partial charge in [0.1, 0.15) is 0 Å². The SMILES string of the molecule is CCOC(=O)[C@@](O)(c1ccc(N(CC)C(=O)c2ccccc2)cc1)C(F)(F)F. The van der Waals surface area contributed by atoms with Gasteiger partial charge in [-0.15, -0.1) is 0 Å². The quantitative estimate of drug-likeness (QED) is 0.758. The first-order chi connectivity index (χ1) is 13.2. The summed E-state index contributed by atoms with van der Waals surface area (Å²) in [6.45, 7) is 3.02. The third-order valence-corrected chi connectivity index (χ3v) is 4.16. The highest BCUT2D eigenvalue weighted by atomic mass is 19.4. The lowest BCUT2D eigenvalue weighted by molar-refractivity contribution is -0.267. The van der Waals surface area contributed by atoms with Crippen molar-refractivity contribution in [3.05, 3.63) is 65.7 Å². The van der Waals surface area contributed by atoms with Crippen LogP contribution in [0.5, 0.6) is 0 Å². The predicted molar refractivity (Wildman–Crippen MR) is 96.8 cm³/mol. The van der Waals surface area contributed by atoms with Crippen LogP contribution >= 0.6 is 0 Å². The normalized spacial score (nSPS) is 13.5. The topological polar surface area (TPSA) is 66.8 Å². The molecule has 0 bridgehead atoms. The van der Waals surface area contributed by atoms with Crippen LogP contribution in [0.2, 0.25) is 0 Å². The molecule has 0 radical (unpaired) electrons. The molecule has 2 aromatic rings. The van der Waals surface area contributed by atoms with Gasteiger partial charge < -0.3 is 14.7 Å². The van der Waals surface area contributed by atoms with E-state index < -0.39 is 23.3 Å². The molecular weight excluding hydrogens is 375 g/mol. The molecule has 0 aliphatic heterocycles. The summed E-state index contributed by atoms with van der Waals surface area (Å²) in [5.74, 6) is -2.13. The lowest BCUT2D eigenvalue weighted by Crippen LogP contribution is -2.50. The molecule has 0 aromatic heterocycles. The van der Waals surface area contributed by atoms with E-state index in [1.54, 1.807) is 37.3 Å². The van der Waals surface area contributed by atoms with Crippen molar-refractivity contribution in [2.75, 3.05) is 18.1 Å². The fourth-order valence-electron chi connectivity index (χ4n) is 2.70. The third-order valence-electron chi connectivity index (χ3n) is 4.16. The number of amides is 1. The Morgan fingerprint density at radius 1 is 1.00 bits per heavy atom. The summed E-state index contributed by atoms with van der Waals surface area (Å²) in [7, 11) is 0. The molecule has 8 heteroatoms. The number of alkyl halides is 3. The number of carbonyl (C=O) groups is 2. The molecule has 5 nitrogen and oxygen atoms in total. The highest BCUT2D eigenvalue weighted by molar-refractivity contribution is 6.06. The maximum absolute atomic E-state index is 13.4. The molecule has 0 spiro atoms. The van der Waals surface area contributed by atoms with Gasteiger partial charge in [-0.2, -0.15) is 13.2 Å². The molecule has 0 saturated heterocycles. The number of nitrogens with zero attached hydrogens (tertiary/aromatic N) is 1. The van der Waals surface area contributed by atoms with Crippen LogP contribution in [-0.4, -0.2) is 36.3 Å². The fourth-order valence-corrected chi connectivity index (χ4v) is 2.70. The minimum absolute atomic E-state index is 0.272. The smallest absolute Gasteiger partial charge is 0.432 e. The predicted octanol–water partition coefficient (Wildman–Crippen LogP) is 3.67. The number of esters is 1. The fraction of sp³-hybridized carbons (Fsp3) is 0.300. The Bertz CT molecular complexity index is 822. The lowest BCUT2D eigenvalue weighted by Gasteiger charge is -2.29. The summed E-state index contributed by atoms with van der Waals surface area (Å²) < 4.78 is 44.7. The summed E-state index contributed by atoms with van der Waals surface area (Å²) in [5.41, 5.74) is -3.73. The van der Waals surface area contributed by atoms with E-state index in [4.69, 9.17) is 0 Å². The van der Waals surface area contributed by atoms with Crippen molar-refractivity contribution in [2.45, 2.75) is 25.6 Å². The molecule has 2 aromatic carbocycles. The second kappa shape index (κ2) is 8.43. The first-order valence-corrected chi connectivity index (χ1v) is 8.60. The van der Waals surface area contributed by atoms with Crippen molar-refractivity contribution in [2.24, 2.45) is 0 Å². The molecule has 2 rings (SSSR count). The number of aliphatic hydroxyl groups is 1. The van der Waals surface area contributed by atoms with Crippen LogP contribution in [0.4, 0.5) is 18.9 Å². The summed E-state index contributed by atoms with van der Waals surface area (Å²) in [4.78, 5) is 25.8. The Labute approximate surface area is 160 Å². The molecule has 28 heavy (non-hydrogen) atoms. The number of hydrogen-bond acceptors (Lipinski definition) is 4. The Morgan fingerprint density at radius 3 is 2.04 bits per heavy atom. The molecule has 0 fully saturated rings. The molecule has 1 N–H and O–H groups in total. The van der Waals surface area contributed by atoms with Gasteiger partial charge in [0.05, 0.1) is 6.61 Å². The van der Waals surface area contributed by atoms with Gasteiger partial charge in [0.15, 0.2) is 0 Å². The average Bonchev–Trinajstić information content (AvgIpc) is 2.68. The van der Waals surface area contributed by atoms with E-state index in [9.17, 15) is 27.9 Å². The molecule has 0 aliphatic rings. The highest BCUT2D eigenvalue weighted by Crippen LogP contribution is 2.40. The first kappa shape index (κ1) is 21.4. The van der Waals surface area contributed by atoms with E-state index in [0.29, 0.717) is 11.3 Å². The zero-order chi connectivity index (χ0) is 20.9. The number of anilines is 1. The molecular formula is C20H20F3NO4. The maximum atomic E-state index is 13.4. The van der Waals surface area contributed by atoms with Crippen LogP contribution < -0.4 is 4.90 Å². The van der Waals surface area contributed by atoms with E-state index in [0.717, 1.165) is 12.1 Å². The molecule has 150 valence electrons. The summed E-state index contributed by atoms with van der Waals surface area (Å²) >= 11 is 0. The standard InChI is InChI=1S/C20H20F3NO4/c1-3-24(17(25)14-8-6-5-7-9-14)16-12-10-15(11-13-16)19(27,20(21,22)23)18(26)28-4-2/h5-13,27H,3-4H2,1-2H3/t19-/m0/s1. The van der Waals surface area contributed by atoms with Crippen LogP contribution in [-0.2, 0) is 15.1 Å². The first-order valence-electron chi connectivity index (χ1n) is 8.60. The zero-order valence-electron chi connectivity index (χ0n) is 15.4. The van der Waals surface area contributed by atoms with E-state index in [1.807, 2.05) is 0 Å². The van der Waals surface area contributed by atoms with Crippen molar-refractivity contribution >= 4 is 17.6 Å². The van der Waals surface area contributed by atoms with Gasteiger partial charge in [-0.25, -0.2) is 4.79 Å². The van der Waals surface area contributed by atoms with Gasteiger partial charge >= 0.3 is 12.1 Å². The summed E-state index contributed by atoms with van der Waals surface area (Å²) in [6, 6.07) is 12.8. The molecule has 1 atom stereocenters. The van der Waals surface area contributed by atoms with Gasteiger partial charge in [0, 0.05) is 23.4 Å². The molecule has 1 amide bonds. The summed E-state index contributed by atoms with van der Waals surface area (Å²) in [6.07, 6.45) is -5.27. The number of ether oxygens (including phenoxy) is 1. The van der Waals surface area contributed by atoms with Gasteiger partial charge in [0.2, 0.25) is 0 Å². The minimum atomic E-state index is -5.27. The number of rotatable bonds is 6. The van der Waals surface area contributed by atoms with Gasteiger partial charge in [-0.05, 0) is 38.1 Å². The molecule has 0 aliphatic carbocycles. The van der Waals surface area contributed by atoms with Crippen molar-refractivity contribution in [1.29, 1.82) is 0 Å². The molecule has 0 saturated carbocycles. The lowest BCUT2D eigenvalue weighted by atomic mass is 9.92. The number of hydrogen-bond donors (Lipinski definition) is 1. The average molecular weight is 395 g/mol. The van der Waals surface area contributed by atoms with Crippen LogP contribution in [0.1, 0.15) is 29.8 Å². The van der Waals surface area contributed by atoms with Crippen LogP contribution in [0, 0.1) is 0 Å². The van der Waals surface area contributed by atoms with Gasteiger partial charge in [0.25, 0.3) is 11.5 Å². The van der Waals surface area contributed by atoms with Gasteiger partial charge in [-0.3, -0.25) is 4.79 Å². The third kappa shape index (κ3) is 4.01. The Morgan fingerprint density at radius 2 is 1.57 bits per heavy atom. The highest BCUT2D eigenvalue weighted by Gasteiger charge is 2.62. The van der Waals surface area contributed by atoms with Crippen molar-refractivity contribution in [1.82, 2.24) is 0 Å². The second-order valence-corrected chi connectivity index (χ2v) is 5.89. The number of carbonyl (C=O) groups excluding carboxylic acids is 2. The maximum Gasteiger partial charge on any atom is 0.432 e. The van der Waals surface area contributed by atoms with Gasteiger partial charge in [-0.1, -0.05) is 30.3 Å². The molecule has 0 unspecified atom stereocenters. The van der Waals surface area contributed by atoms with Crippen LogP contribution in [0.25, 0.3) is 0 Å². The van der Waals surface area contributed by atoms with Crippen LogP contribution in [0.3, 0.4) is 0 Å². The number of benzene rings is 2. The summed E-state index contributed by atoms with van der Waals surface area (Å²) in [5, 5.41) is 10.1. The van der Waals surface area contributed by atoms with Crippen molar-refractivity contribution in [3.8, 4) is 0 Å². The Balaban J connectivity index is 2.39. The van der Waals surface area contributed by atoms with E-state index in [1.165, 1.54) is 24.0 Å². The number of halogens is 3. The Hall–Kier alpha value is -2.87. The van der Waals surface area contributed by atoms with E-state index >= 15 is 0 Å². The van der Waals surface area contributed by atoms with Crippen molar-refractivity contribution < 1.29 is 32.6 Å². The minimum Gasteiger partial charge on any atom is -0.463 e. The van der Waals surface area contributed by atoms with Crippen LogP contribution in [0.15, 0.2) is 54.6 Å². The Kier molecular flexibility index (Phi) is 6.45. The van der Waals surface area contributed by atoms with E-state index in [2.05, 4.69) is 4.74 Å². The largest absolute Gasteiger partial charge is 0.463 e. The zero-order valence-corrected chi connectivity index (χ0v) is 15.4. The molecule has 0 heterocycles. The van der Waals surface area contributed by atoms with Crippen molar-refractivity contribution in [3.63, 3.8) is 0 Å². The van der Waals surface area contributed by atoms with E-state index in [-0.39, 0.29) is 19.1 Å². The second-order valence-electron chi connectivity index (χ2n) is 5.89. The monoisotopic (exact) mass is 395 g/mol.